The molecule has 0 unspecified atom stereocenters. The van der Waals surface area contributed by atoms with Crippen molar-refractivity contribution >= 4 is 17.5 Å². The lowest BCUT2D eigenvalue weighted by Crippen LogP contribution is -2.18. The Kier molecular flexibility index (Phi) is 3.56. The molecule has 0 saturated heterocycles. The zero-order chi connectivity index (χ0) is 13.8. The minimum absolute atomic E-state index is 0.166. The standard InChI is InChI=1S/C14H11FN2O2/c15-10-5-3-4-9(8-10)14(19)17-12-7-2-1-6-11(12)13(16)18/h1-8H,(H2,16,18)(H,17,19). The van der Waals surface area contributed by atoms with Gasteiger partial charge < -0.3 is 11.1 Å². The molecule has 0 heterocycles. The Bertz CT molecular complexity index is 641. The van der Waals surface area contributed by atoms with Gasteiger partial charge in [-0.25, -0.2) is 4.39 Å². The van der Waals surface area contributed by atoms with Crippen LogP contribution in [0.2, 0.25) is 0 Å². The topological polar surface area (TPSA) is 72.2 Å². The number of para-hydroxylation sites is 1. The second-order valence-corrected chi connectivity index (χ2v) is 3.87. The van der Waals surface area contributed by atoms with Crippen molar-refractivity contribution in [2.75, 3.05) is 5.32 Å². The second-order valence-electron chi connectivity index (χ2n) is 3.87. The van der Waals surface area contributed by atoms with Gasteiger partial charge in [0, 0.05) is 5.56 Å². The van der Waals surface area contributed by atoms with Crippen LogP contribution < -0.4 is 11.1 Å². The van der Waals surface area contributed by atoms with Crippen molar-refractivity contribution in [3.05, 3.63) is 65.5 Å². The first-order valence-electron chi connectivity index (χ1n) is 5.53. The van der Waals surface area contributed by atoms with Gasteiger partial charge in [-0.1, -0.05) is 18.2 Å². The number of nitrogens with one attached hydrogen (secondary N) is 1. The van der Waals surface area contributed by atoms with E-state index in [4.69, 9.17) is 5.73 Å². The summed E-state index contributed by atoms with van der Waals surface area (Å²) in [6, 6.07) is 11.6. The van der Waals surface area contributed by atoms with Crippen LogP contribution in [0.5, 0.6) is 0 Å². The highest BCUT2D eigenvalue weighted by Crippen LogP contribution is 2.15. The quantitative estimate of drug-likeness (QED) is 0.885. The summed E-state index contributed by atoms with van der Waals surface area (Å²) in [6.07, 6.45) is 0. The van der Waals surface area contributed by atoms with Crippen molar-refractivity contribution in [1.29, 1.82) is 0 Å². The molecule has 0 bridgehead atoms. The number of rotatable bonds is 3. The summed E-state index contributed by atoms with van der Waals surface area (Å²) in [7, 11) is 0. The van der Waals surface area contributed by atoms with Gasteiger partial charge in [0.15, 0.2) is 0 Å². The normalized spacial score (nSPS) is 9.95. The van der Waals surface area contributed by atoms with Crippen molar-refractivity contribution in [2.45, 2.75) is 0 Å². The molecule has 19 heavy (non-hydrogen) atoms. The zero-order valence-electron chi connectivity index (χ0n) is 9.89. The molecule has 0 spiro atoms. The van der Waals surface area contributed by atoms with E-state index >= 15 is 0 Å². The Hall–Kier alpha value is -2.69. The number of carbonyl (C=O) groups is 2. The van der Waals surface area contributed by atoms with E-state index in [-0.39, 0.29) is 11.1 Å². The molecule has 0 aliphatic rings. The smallest absolute Gasteiger partial charge is 0.255 e. The number of amides is 2. The van der Waals surface area contributed by atoms with Crippen LogP contribution in [0.1, 0.15) is 20.7 Å². The SMILES string of the molecule is NC(=O)c1ccccc1NC(=O)c1cccc(F)c1. The predicted molar refractivity (Wildman–Crippen MR) is 69.3 cm³/mol. The van der Waals surface area contributed by atoms with Gasteiger partial charge in [0.1, 0.15) is 5.82 Å². The van der Waals surface area contributed by atoms with Gasteiger partial charge in [-0.05, 0) is 30.3 Å². The molecule has 0 saturated carbocycles. The number of carbonyl (C=O) groups excluding carboxylic acids is 2. The maximum Gasteiger partial charge on any atom is 0.255 e. The molecule has 0 radical (unpaired) electrons. The fourth-order valence-corrected chi connectivity index (χ4v) is 1.63. The molecule has 0 aliphatic carbocycles. The van der Waals surface area contributed by atoms with E-state index in [0.29, 0.717) is 5.69 Å². The molecule has 0 fully saturated rings. The lowest BCUT2D eigenvalue weighted by molar-refractivity contribution is 0.100. The Balaban J connectivity index is 2.27. The van der Waals surface area contributed by atoms with Crippen LogP contribution in [-0.4, -0.2) is 11.8 Å². The maximum absolute atomic E-state index is 13.0. The molecule has 4 nitrogen and oxygen atoms in total. The Morgan fingerprint density at radius 2 is 1.79 bits per heavy atom. The van der Waals surface area contributed by atoms with E-state index in [1.54, 1.807) is 18.2 Å². The average molecular weight is 258 g/mol. The van der Waals surface area contributed by atoms with Crippen LogP contribution in [0.25, 0.3) is 0 Å². The summed E-state index contributed by atoms with van der Waals surface area (Å²) in [5, 5.41) is 2.53. The number of benzene rings is 2. The molecular formula is C14H11FN2O2. The molecule has 96 valence electrons. The van der Waals surface area contributed by atoms with Crippen LogP contribution in [0.4, 0.5) is 10.1 Å². The molecule has 0 aliphatic heterocycles. The third-order valence-electron chi connectivity index (χ3n) is 2.53. The minimum Gasteiger partial charge on any atom is -0.366 e. The molecule has 3 N–H and O–H groups in total. The summed E-state index contributed by atoms with van der Waals surface area (Å²) in [4.78, 5) is 23.1. The number of hydrogen-bond donors (Lipinski definition) is 2. The second kappa shape index (κ2) is 5.30. The number of hydrogen-bond acceptors (Lipinski definition) is 2. The number of primary amides is 1. The number of halogens is 1. The summed E-state index contributed by atoms with van der Waals surface area (Å²) in [6.45, 7) is 0. The maximum atomic E-state index is 13.0. The van der Waals surface area contributed by atoms with Crippen LogP contribution in [0.15, 0.2) is 48.5 Å². The fraction of sp³-hybridized carbons (Fsp3) is 0. The van der Waals surface area contributed by atoms with Crippen LogP contribution in [0, 0.1) is 5.82 Å². The zero-order valence-corrected chi connectivity index (χ0v) is 9.89. The van der Waals surface area contributed by atoms with Gasteiger partial charge in [-0.2, -0.15) is 0 Å². The first-order valence-corrected chi connectivity index (χ1v) is 5.53. The largest absolute Gasteiger partial charge is 0.366 e. The van der Waals surface area contributed by atoms with E-state index in [1.807, 2.05) is 0 Å². The highest BCUT2D eigenvalue weighted by atomic mass is 19.1. The van der Waals surface area contributed by atoms with Crippen molar-refractivity contribution < 1.29 is 14.0 Å². The van der Waals surface area contributed by atoms with E-state index in [2.05, 4.69) is 5.32 Å². The van der Waals surface area contributed by atoms with Crippen LogP contribution in [-0.2, 0) is 0 Å². The van der Waals surface area contributed by atoms with Crippen molar-refractivity contribution in [3.8, 4) is 0 Å². The predicted octanol–water partition coefficient (Wildman–Crippen LogP) is 2.18. The van der Waals surface area contributed by atoms with E-state index in [1.165, 1.54) is 24.3 Å². The molecule has 2 aromatic rings. The van der Waals surface area contributed by atoms with Crippen LogP contribution >= 0.6 is 0 Å². The molecule has 2 amide bonds. The van der Waals surface area contributed by atoms with Gasteiger partial charge in [-0.15, -0.1) is 0 Å². The van der Waals surface area contributed by atoms with Gasteiger partial charge in [-0.3, -0.25) is 9.59 Å². The highest BCUT2D eigenvalue weighted by molar-refractivity contribution is 6.08. The Morgan fingerprint density at radius 3 is 2.47 bits per heavy atom. The lowest BCUT2D eigenvalue weighted by atomic mass is 10.1. The Labute approximate surface area is 109 Å². The Morgan fingerprint density at radius 1 is 1.05 bits per heavy atom. The van der Waals surface area contributed by atoms with Gasteiger partial charge in [0.05, 0.1) is 11.3 Å². The minimum atomic E-state index is -0.643. The lowest BCUT2D eigenvalue weighted by Gasteiger charge is -2.08. The number of anilines is 1. The van der Waals surface area contributed by atoms with Crippen molar-refractivity contribution in [1.82, 2.24) is 0 Å². The molecule has 0 aromatic heterocycles. The third kappa shape index (κ3) is 2.95. The van der Waals surface area contributed by atoms with E-state index in [9.17, 15) is 14.0 Å². The first-order chi connectivity index (χ1) is 9.08. The van der Waals surface area contributed by atoms with Crippen molar-refractivity contribution in [2.24, 2.45) is 5.73 Å². The van der Waals surface area contributed by atoms with Gasteiger partial charge in [0.2, 0.25) is 0 Å². The summed E-state index contributed by atoms with van der Waals surface area (Å²) in [5.41, 5.74) is 5.87. The molecule has 2 rings (SSSR count). The molecular weight excluding hydrogens is 247 g/mol. The van der Waals surface area contributed by atoms with E-state index < -0.39 is 17.6 Å². The van der Waals surface area contributed by atoms with E-state index in [0.717, 1.165) is 6.07 Å². The third-order valence-corrected chi connectivity index (χ3v) is 2.53. The average Bonchev–Trinajstić information content (AvgIpc) is 2.39. The fourth-order valence-electron chi connectivity index (χ4n) is 1.63. The van der Waals surface area contributed by atoms with Gasteiger partial charge >= 0.3 is 0 Å². The monoisotopic (exact) mass is 258 g/mol. The number of nitrogens with two attached hydrogens (primary N) is 1. The molecule has 5 heteroatoms. The highest BCUT2D eigenvalue weighted by Gasteiger charge is 2.11. The van der Waals surface area contributed by atoms with Crippen molar-refractivity contribution in [3.63, 3.8) is 0 Å². The summed E-state index contributed by atoms with van der Waals surface area (Å²) < 4.78 is 13.0. The molecule has 2 aromatic carbocycles. The van der Waals surface area contributed by atoms with Crippen LogP contribution in [0.3, 0.4) is 0 Å². The summed E-state index contributed by atoms with van der Waals surface area (Å²) in [5.74, 6) is -1.65. The van der Waals surface area contributed by atoms with Gasteiger partial charge in [0.25, 0.3) is 11.8 Å². The summed E-state index contributed by atoms with van der Waals surface area (Å²) >= 11 is 0. The first kappa shape index (κ1) is 12.8. The molecule has 0 atom stereocenters.